The van der Waals surface area contributed by atoms with Crippen molar-refractivity contribution in [2.75, 3.05) is 4.90 Å². The van der Waals surface area contributed by atoms with Gasteiger partial charge in [0.1, 0.15) is 5.82 Å². The lowest BCUT2D eigenvalue weighted by Crippen LogP contribution is -2.40. The van der Waals surface area contributed by atoms with Gasteiger partial charge in [0.2, 0.25) is 5.91 Å². The Morgan fingerprint density at radius 1 is 1.19 bits per heavy atom. The van der Waals surface area contributed by atoms with Gasteiger partial charge in [0.25, 0.3) is 0 Å². The molecule has 0 bridgehead atoms. The summed E-state index contributed by atoms with van der Waals surface area (Å²) in [5.74, 6) is 1.91. The van der Waals surface area contributed by atoms with Crippen LogP contribution < -0.4 is 4.90 Å². The molecular weight excluding hydrogens is 344 g/mol. The number of nitrogens with zero attached hydrogens (tertiary/aromatic N) is 4. The molecule has 2 saturated carbocycles. The minimum absolute atomic E-state index is 0.169. The molecule has 5 rings (SSSR count). The van der Waals surface area contributed by atoms with E-state index in [4.69, 9.17) is 0 Å². The molecule has 2 aromatic rings. The standard InChI is InChI=1S/C20H24N4OS/c1-12-11-15-5-3-4-6-17(15)23(12)19(25)13(2)26-20-22-21-18(14-7-8-14)24(20)16-9-10-16/h3-6,12-14,16H,7-11H2,1-2H3. The molecule has 1 aliphatic heterocycles. The molecule has 0 N–H and O–H groups in total. The molecule has 2 aliphatic carbocycles. The summed E-state index contributed by atoms with van der Waals surface area (Å²) < 4.78 is 2.33. The molecule has 0 saturated heterocycles. The summed E-state index contributed by atoms with van der Waals surface area (Å²) in [7, 11) is 0. The molecule has 2 heterocycles. The van der Waals surface area contributed by atoms with Crippen molar-refractivity contribution >= 4 is 23.4 Å². The van der Waals surface area contributed by atoms with Gasteiger partial charge in [-0.15, -0.1) is 10.2 Å². The van der Waals surface area contributed by atoms with E-state index in [1.807, 2.05) is 17.9 Å². The molecule has 3 aliphatic rings. The molecule has 26 heavy (non-hydrogen) atoms. The number of thioether (sulfide) groups is 1. The van der Waals surface area contributed by atoms with Crippen LogP contribution in [0.15, 0.2) is 29.4 Å². The van der Waals surface area contributed by atoms with Gasteiger partial charge in [-0.05, 0) is 57.6 Å². The summed E-state index contributed by atoms with van der Waals surface area (Å²) in [6, 6.07) is 9.02. The van der Waals surface area contributed by atoms with E-state index in [0.717, 1.165) is 23.1 Å². The molecule has 1 aromatic heterocycles. The summed E-state index contributed by atoms with van der Waals surface area (Å²) in [5, 5.41) is 9.68. The number of anilines is 1. The van der Waals surface area contributed by atoms with Crippen molar-refractivity contribution in [3.05, 3.63) is 35.7 Å². The molecule has 1 amide bonds. The van der Waals surface area contributed by atoms with E-state index < -0.39 is 0 Å². The van der Waals surface area contributed by atoms with Gasteiger partial charge in [-0.25, -0.2) is 0 Å². The number of benzene rings is 1. The number of hydrogen-bond donors (Lipinski definition) is 0. The fourth-order valence-corrected chi connectivity index (χ4v) is 4.95. The van der Waals surface area contributed by atoms with Gasteiger partial charge in [0, 0.05) is 23.7 Å². The Labute approximate surface area is 158 Å². The molecule has 136 valence electrons. The van der Waals surface area contributed by atoms with Crippen LogP contribution in [0.2, 0.25) is 0 Å². The van der Waals surface area contributed by atoms with Crippen LogP contribution in [0.25, 0.3) is 0 Å². The minimum atomic E-state index is -0.169. The normalized spacial score (nSPS) is 23.2. The minimum Gasteiger partial charge on any atom is -0.308 e. The lowest BCUT2D eigenvalue weighted by atomic mass is 10.1. The Kier molecular flexibility index (Phi) is 3.85. The maximum absolute atomic E-state index is 13.2. The van der Waals surface area contributed by atoms with Gasteiger partial charge in [-0.1, -0.05) is 30.0 Å². The van der Waals surface area contributed by atoms with Crippen LogP contribution >= 0.6 is 11.8 Å². The molecule has 6 heteroatoms. The first kappa shape index (κ1) is 16.4. The van der Waals surface area contributed by atoms with Crippen LogP contribution in [0.1, 0.15) is 62.9 Å². The van der Waals surface area contributed by atoms with Crippen molar-refractivity contribution in [1.82, 2.24) is 14.8 Å². The summed E-state index contributed by atoms with van der Waals surface area (Å²) in [6.45, 7) is 4.14. The van der Waals surface area contributed by atoms with Gasteiger partial charge in [-0.2, -0.15) is 0 Å². The lowest BCUT2D eigenvalue weighted by molar-refractivity contribution is -0.118. The van der Waals surface area contributed by atoms with Crippen molar-refractivity contribution < 1.29 is 4.79 Å². The van der Waals surface area contributed by atoms with Gasteiger partial charge in [0.05, 0.1) is 5.25 Å². The van der Waals surface area contributed by atoms with E-state index in [-0.39, 0.29) is 17.2 Å². The predicted octanol–water partition coefficient (Wildman–Crippen LogP) is 3.95. The number of carbonyl (C=O) groups excluding carboxylic acids is 1. The maximum atomic E-state index is 13.2. The van der Waals surface area contributed by atoms with Gasteiger partial charge in [-0.3, -0.25) is 4.79 Å². The summed E-state index contributed by atoms with van der Waals surface area (Å²) >= 11 is 1.57. The second-order valence-corrected chi connectivity index (χ2v) is 9.17. The highest BCUT2D eigenvalue weighted by Gasteiger charge is 2.38. The molecule has 2 unspecified atom stereocenters. The average Bonchev–Trinajstić information content (AvgIpc) is 3.56. The van der Waals surface area contributed by atoms with Crippen LogP contribution in [0, 0.1) is 0 Å². The highest BCUT2D eigenvalue weighted by Crippen LogP contribution is 2.46. The molecule has 5 nitrogen and oxygen atoms in total. The SMILES string of the molecule is CC(Sc1nnc(C2CC2)n1C1CC1)C(=O)N1c2ccccc2CC1C. The number of hydrogen-bond acceptors (Lipinski definition) is 4. The van der Waals surface area contributed by atoms with Gasteiger partial charge >= 0.3 is 0 Å². The third-order valence-electron chi connectivity index (χ3n) is 5.62. The molecule has 2 atom stereocenters. The first-order valence-corrected chi connectivity index (χ1v) is 10.5. The number of para-hydroxylation sites is 1. The zero-order valence-electron chi connectivity index (χ0n) is 15.3. The second kappa shape index (κ2) is 6.12. The van der Waals surface area contributed by atoms with E-state index in [2.05, 4.69) is 39.9 Å². The van der Waals surface area contributed by atoms with Crippen molar-refractivity contribution in [2.45, 2.75) is 74.4 Å². The number of fused-ring (bicyclic) bond motifs is 1. The molecule has 0 spiro atoms. The van der Waals surface area contributed by atoms with Crippen LogP contribution in [-0.4, -0.2) is 32.0 Å². The highest BCUT2D eigenvalue weighted by molar-refractivity contribution is 8.00. The third-order valence-corrected chi connectivity index (χ3v) is 6.66. The molecular formula is C20H24N4OS. The quantitative estimate of drug-likeness (QED) is 0.750. The molecule has 2 fully saturated rings. The van der Waals surface area contributed by atoms with Crippen molar-refractivity contribution in [3.63, 3.8) is 0 Å². The largest absolute Gasteiger partial charge is 0.308 e. The van der Waals surface area contributed by atoms with Crippen LogP contribution in [0.3, 0.4) is 0 Å². The fourth-order valence-electron chi connectivity index (χ4n) is 3.97. The average molecular weight is 369 g/mol. The topological polar surface area (TPSA) is 51.0 Å². The first-order chi connectivity index (χ1) is 12.6. The molecule has 1 aromatic carbocycles. The van der Waals surface area contributed by atoms with E-state index >= 15 is 0 Å². The Balaban J connectivity index is 1.38. The Morgan fingerprint density at radius 3 is 2.69 bits per heavy atom. The number of rotatable bonds is 5. The van der Waals surface area contributed by atoms with Crippen molar-refractivity contribution in [3.8, 4) is 0 Å². The number of carbonyl (C=O) groups is 1. The van der Waals surface area contributed by atoms with Gasteiger partial charge < -0.3 is 9.47 Å². The number of aromatic nitrogens is 3. The van der Waals surface area contributed by atoms with E-state index in [0.29, 0.717) is 12.0 Å². The third kappa shape index (κ3) is 2.75. The Morgan fingerprint density at radius 2 is 1.96 bits per heavy atom. The monoisotopic (exact) mass is 368 g/mol. The molecule has 0 radical (unpaired) electrons. The number of amides is 1. The van der Waals surface area contributed by atoms with E-state index in [9.17, 15) is 4.79 Å². The zero-order chi connectivity index (χ0) is 17.8. The van der Waals surface area contributed by atoms with Gasteiger partial charge in [0.15, 0.2) is 5.16 Å². The van der Waals surface area contributed by atoms with E-state index in [1.165, 1.54) is 31.2 Å². The zero-order valence-corrected chi connectivity index (χ0v) is 16.1. The highest BCUT2D eigenvalue weighted by atomic mass is 32.2. The smallest absolute Gasteiger partial charge is 0.240 e. The summed E-state index contributed by atoms with van der Waals surface area (Å²) in [4.78, 5) is 15.2. The van der Waals surface area contributed by atoms with Crippen molar-refractivity contribution in [1.29, 1.82) is 0 Å². The van der Waals surface area contributed by atoms with Crippen molar-refractivity contribution in [2.24, 2.45) is 0 Å². The van der Waals surface area contributed by atoms with Crippen LogP contribution in [0.4, 0.5) is 5.69 Å². The fraction of sp³-hybridized carbons (Fsp3) is 0.550. The summed E-state index contributed by atoms with van der Waals surface area (Å²) in [5.41, 5.74) is 2.34. The summed E-state index contributed by atoms with van der Waals surface area (Å²) in [6.07, 6.45) is 5.82. The Bertz CT molecular complexity index is 855. The maximum Gasteiger partial charge on any atom is 0.240 e. The van der Waals surface area contributed by atoms with E-state index in [1.54, 1.807) is 11.8 Å². The van der Waals surface area contributed by atoms with Crippen LogP contribution in [-0.2, 0) is 11.2 Å². The predicted molar refractivity (Wildman–Crippen MR) is 103 cm³/mol. The lowest BCUT2D eigenvalue weighted by Gasteiger charge is -2.25. The van der Waals surface area contributed by atoms with Crippen LogP contribution in [0.5, 0.6) is 0 Å². The Hall–Kier alpha value is -1.82. The first-order valence-electron chi connectivity index (χ1n) is 9.66. The second-order valence-electron chi connectivity index (χ2n) is 7.87.